The first-order valence-corrected chi connectivity index (χ1v) is 7.78. The topological polar surface area (TPSA) is 26.3 Å². The first-order valence-electron chi connectivity index (χ1n) is 7.78. The fourth-order valence-corrected chi connectivity index (χ4v) is 2.58. The molecule has 0 radical (unpaired) electrons. The molecule has 2 unspecified atom stereocenters. The zero-order chi connectivity index (χ0) is 17.1. The summed E-state index contributed by atoms with van der Waals surface area (Å²) in [6.07, 6.45) is 4.20. The van der Waals surface area contributed by atoms with E-state index in [0.29, 0.717) is 0 Å². The van der Waals surface area contributed by atoms with Crippen molar-refractivity contribution in [1.82, 2.24) is 0 Å². The van der Waals surface area contributed by atoms with Crippen molar-refractivity contribution in [2.75, 3.05) is 0 Å². The van der Waals surface area contributed by atoms with E-state index in [4.69, 9.17) is 4.74 Å². The van der Waals surface area contributed by atoms with Crippen LogP contribution in [0.25, 0.3) is 0 Å². The summed E-state index contributed by atoms with van der Waals surface area (Å²) in [5.74, 6) is -0.126. The first kappa shape index (κ1) is 19.9. The Morgan fingerprint density at radius 1 is 1.14 bits per heavy atom. The van der Waals surface area contributed by atoms with E-state index < -0.39 is 5.41 Å². The Balaban J connectivity index is 5.39. The number of ether oxygens (including phenoxy) is 1. The van der Waals surface area contributed by atoms with Crippen molar-refractivity contribution < 1.29 is 9.53 Å². The summed E-state index contributed by atoms with van der Waals surface area (Å²) in [6.45, 7) is 22.4. The van der Waals surface area contributed by atoms with Crippen LogP contribution < -0.4 is 0 Å². The van der Waals surface area contributed by atoms with Crippen LogP contribution in [0.5, 0.6) is 0 Å². The summed E-state index contributed by atoms with van der Waals surface area (Å²) in [5.41, 5.74) is 0.308. The van der Waals surface area contributed by atoms with E-state index in [9.17, 15) is 4.79 Å². The summed E-state index contributed by atoms with van der Waals surface area (Å²) in [4.78, 5) is 12.9. The molecule has 0 rings (SSSR count). The van der Waals surface area contributed by atoms with E-state index in [-0.39, 0.29) is 22.9 Å². The van der Waals surface area contributed by atoms with Crippen LogP contribution in [0, 0.1) is 16.2 Å². The number of rotatable bonds is 5. The lowest BCUT2D eigenvalue weighted by Crippen LogP contribution is -2.45. The van der Waals surface area contributed by atoms with Gasteiger partial charge < -0.3 is 4.74 Å². The average molecular weight is 294 g/mol. The van der Waals surface area contributed by atoms with Crippen LogP contribution in [-0.2, 0) is 9.53 Å². The highest BCUT2D eigenvalue weighted by Crippen LogP contribution is 2.47. The maximum atomic E-state index is 12.9. The molecular weight excluding hydrogens is 260 g/mol. The highest BCUT2D eigenvalue weighted by Gasteiger charge is 2.48. The molecule has 0 aromatic carbocycles. The fourth-order valence-electron chi connectivity index (χ4n) is 2.58. The summed E-state index contributed by atoms with van der Waals surface area (Å²) >= 11 is 0. The van der Waals surface area contributed by atoms with E-state index in [1.165, 1.54) is 0 Å². The molecule has 0 N–H and O–H groups in total. The number of carbonyl (C=O) groups is 1. The molecule has 21 heavy (non-hydrogen) atoms. The lowest BCUT2D eigenvalue weighted by molar-refractivity contribution is -0.167. The molecule has 0 saturated carbocycles. The molecule has 0 aliphatic heterocycles. The third-order valence-electron chi connectivity index (χ3n) is 4.31. The Hall–Kier alpha value is -1.05. The SMILES string of the molecule is C=C/C(=C\C)C(C)OC(=O)C(C)(CC(C)(C)C)C(C)(C)C. The van der Waals surface area contributed by atoms with Gasteiger partial charge in [0.1, 0.15) is 6.10 Å². The summed E-state index contributed by atoms with van der Waals surface area (Å²) in [6, 6.07) is 0. The van der Waals surface area contributed by atoms with Gasteiger partial charge in [0.05, 0.1) is 5.41 Å². The minimum atomic E-state index is -0.528. The van der Waals surface area contributed by atoms with E-state index in [1.807, 2.05) is 26.8 Å². The van der Waals surface area contributed by atoms with Crippen molar-refractivity contribution in [3.05, 3.63) is 24.3 Å². The molecule has 0 aromatic heterocycles. The molecule has 0 saturated heterocycles. The van der Waals surface area contributed by atoms with Crippen LogP contribution in [0.15, 0.2) is 24.3 Å². The van der Waals surface area contributed by atoms with Gasteiger partial charge in [0.15, 0.2) is 0 Å². The van der Waals surface area contributed by atoms with Gasteiger partial charge >= 0.3 is 5.97 Å². The maximum Gasteiger partial charge on any atom is 0.312 e. The Kier molecular flexibility index (Phi) is 6.47. The van der Waals surface area contributed by atoms with Gasteiger partial charge in [-0.3, -0.25) is 4.79 Å². The Bertz CT molecular complexity index is 404. The van der Waals surface area contributed by atoms with Crippen molar-refractivity contribution in [3.63, 3.8) is 0 Å². The molecule has 0 amide bonds. The predicted octanol–water partition coefficient (Wildman–Crippen LogP) is 5.54. The molecule has 0 heterocycles. The number of allylic oxidation sites excluding steroid dienone is 1. The number of hydrogen-bond donors (Lipinski definition) is 0. The summed E-state index contributed by atoms with van der Waals surface area (Å²) < 4.78 is 5.75. The van der Waals surface area contributed by atoms with Gasteiger partial charge in [-0.25, -0.2) is 0 Å². The molecule has 0 aliphatic carbocycles. The van der Waals surface area contributed by atoms with Crippen LogP contribution in [0.2, 0.25) is 0 Å². The fraction of sp³-hybridized carbons (Fsp3) is 0.737. The van der Waals surface area contributed by atoms with E-state index in [2.05, 4.69) is 48.1 Å². The van der Waals surface area contributed by atoms with E-state index in [0.717, 1.165) is 12.0 Å². The minimum absolute atomic E-state index is 0.0617. The first-order chi connectivity index (χ1) is 9.28. The normalized spacial score (nSPS) is 17.9. The van der Waals surface area contributed by atoms with Crippen molar-refractivity contribution in [2.45, 2.75) is 74.8 Å². The summed E-state index contributed by atoms with van der Waals surface area (Å²) in [5, 5.41) is 0. The molecule has 0 spiro atoms. The van der Waals surface area contributed by atoms with Gasteiger partial charge in [0.2, 0.25) is 0 Å². The second-order valence-electron chi connectivity index (χ2n) is 8.36. The quantitative estimate of drug-likeness (QED) is 0.491. The Morgan fingerprint density at radius 2 is 1.62 bits per heavy atom. The molecular formula is C19H34O2. The standard InChI is InChI=1S/C19H34O2/c1-11-15(12-2)14(3)21-16(20)19(10,18(7,8)9)13-17(4,5)6/h11-12,14H,1,13H2,2-10H3/b15-12+. The number of carbonyl (C=O) groups excluding carboxylic acids is 1. The highest BCUT2D eigenvalue weighted by atomic mass is 16.5. The van der Waals surface area contributed by atoms with Gasteiger partial charge in [-0.15, -0.1) is 0 Å². The van der Waals surface area contributed by atoms with Gasteiger partial charge in [-0.05, 0) is 43.6 Å². The molecule has 2 nitrogen and oxygen atoms in total. The Morgan fingerprint density at radius 3 is 1.90 bits per heavy atom. The van der Waals surface area contributed by atoms with Crippen molar-refractivity contribution in [1.29, 1.82) is 0 Å². The van der Waals surface area contributed by atoms with Crippen molar-refractivity contribution >= 4 is 5.97 Å². The molecule has 0 bridgehead atoms. The third-order valence-corrected chi connectivity index (χ3v) is 4.31. The van der Waals surface area contributed by atoms with Gasteiger partial charge in [0.25, 0.3) is 0 Å². The lowest BCUT2D eigenvalue weighted by atomic mass is 9.61. The number of hydrogen-bond acceptors (Lipinski definition) is 2. The van der Waals surface area contributed by atoms with Crippen molar-refractivity contribution in [2.24, 2.45) is 16.2 Å². The van der Waals surface area contributed by atoms with E-state index in [1.54, 1.807) is 6.08 Å². The molecule has 0 aromatic rings. The predicted molar refractivity (Wildman–Crippen MR) is 91.1 cm³/mol. The van der Waals surface area contributed by atoms with Crippen LogP contribution in [0.3, 0.4) is 0 Å². The second kappa shape index (κ2) is 6.81. The molecule has 122 valence electrons. The molecule has 2 heteroatoms. The van der Waals surface area contributed by atoms with Crippen LogP contribution in [-0.4, -0.2) is 12.1 Å². The zero-order valence-electron chi connectivity index (χ0n) is 15.5. The second-order valence-corrected chi connectivity index (χ2v) is 8.36. The third kappa shape index (κ3) is 5.33. The molecule has 0 fully saturated rings. The zero-order valence-corrected chi connectivity index (χ0v) is 15.5. The Labute approximate surface area is 131 Å². The van der Waals surface area contributed by atoms with E-state index >= 15 is 0 Å². The highest BCUT2D eigenvalue weighted by molar-refractivity contribution is 5.78. The van der Waals surface area contributed by atoms with Crippen LogP contribution in [0.1, 0.15) is 68.7 Å². The molecule has 0 aliphatic rings. The largest absolute Gasteiger partial charge is 0.457 e. The van der Waals surface area contributed by atoms with Gasteiger partial charge in [-0.1, -0.05) is 60.3 Å². The number of esters is 1. The lowest BCUT2D eigenvalue weighted by Gasteiger charge is -2.43. The van der Waals surface area contributed by atoms with Crippen LogP contribution in [0.4, 0.5) is 0 Å². The van der Waals surface area contributed by atoms with Gasteiger partial charge in [-0.2, -0.15) is 0 Å². The van der Waals surface area contributed by atoms with Crippen molar-refractivity contribution in [3.8, 4) is 0 Å². The average Bonchev–Trinajstić information content (AvgIpc) is 2.26. The van der Waals surface area contributed by atoms with Crippen LogP contribution >= 0.6 is 0 Å². The minimum Gasteiger partial charge on any atom is -0.457 e. The summed E-state index contributed by atoms with van der Waals surface area (Å²) in [7, 11) is 0. The maximum absolute atomic E-state index is 12.9. The monoisotopic (exact) mass is 294 g/mol. The smallest absolute Gasteiger partial charge is 0.312 e. The van der Waals surface area contributed by atoms with Gasteiger partial charge in [0, 0.05) is 0 Å². The molecule has 2 atom stereocenters.